The van der Waals surface area contributed by atoms with Crippen LogP contribution in [0.5, 0.6) is 5.75 Å². The summed E-state index contributed by atoms with van der Waals surface area (Å²) >= 11 is 0. The number of carbonyl (C=O) groups is 2. The van der Waals surface area contributed by atoms with Gasteiger partial charge in [0.15, 0.2) is 0 Å². The van der Waals surface area contributed by atoms with Crippen LogP contribution >= 0.6 is 0 Å². The highest BCUT2D eigenvalue weighted by Crippen LogP contribution is 2.17. The van der Waals surface area contributed by atoms with E-state index >= 15 is 0 Å². The van der Waals surface area contributed by atoms with Crippen molar-refractivity contribution in [1.29, 1.82) is 0 Å². The second-order valence-electron chi connectivity index (χ2n) is 7.42. The first kappa shape index (κ1) is 25.9. The maximum atomic E-state index is 12.7. The van der Waals surface area contributed by atoms with Crippen molar-refractivity contribution in [3.8, 4) is 17.6 Å². The summed E-state index contributed by atoms with van der Waals surface area (Å²) in [6.45, 7) is 1.73. The van der Waals surface area contributed by atoms with Crippen molar-refractivity contribution >= 4 is 32.9 Å². The van der Waals surface area contributed by atoms with E-state index in [-0.39, 0.29) is 36.5 Å². The second-order valence-corrected chi connectivity index (χ2v) is 9.13. The summed E-state index contributed by atoms with van der Waals surface area (Å²) < 4.78 is 33.3. The molecule has 3 rings (SSSR count). The molecule has 1 aromatic heterocycles. The molecule has 0 fully saturated rings. The topological polar surface area (TPSA) is 163 Å². The Morgan fingerprint density at radius 3 is 2.69 bits per heavy atom. The number of imide groups is 1. The largest absolute Gasteiger partial charge is 0.481 e. The standard InChI is InChI=1S/C23H25N5O6S/c1-2-3-12-34-18-6-8-19(9-7-18)35(32,33)28-17(14-26-31)5-11-22(29)27-23(30)16-4-10-20-21(13-16)25-15-24-20/h4,6-10,13,15,17,26,28,31H,5,11-12,14H2,1H3,(H,24,25)(H,27,29,30)/t17-/m1/s1. The zero-order valence-electron chi connectivity index (χ0n) is 18.9. The van der Waals surface area contributed by atoms with Gasteiger partial charge in [-0.25, -0.2) is 23.6 Å². The van der Waals surface area contributed by atoms with Crippen molar-refractivity contribution < 1.29 is 28.0 Å². The maximum absolute atomic E-state index is 12.7. The van der Waals surface area contributed by atoms with Gasteiger partial charge in [0.05, 0.1) is 22.3 Å². The van der Waals surface area contributed by atoms with E-state index in [9.17, 15) is 18.0 Å². The molecule has 2 aromatic carbocycles. The summed E-state index contributed by atoms with van der Waals surface area (Å²) in [5.74, 6) is 4.73. The predicted octanol–water partition coefficient (Wildman–Crippen LogP) is 1.33. The van der Waals surface area contributed by atoms with Gasteiger partial charge in [-0.1, -0.05) is 5.92 Å². The molecule has 0 bridgehead atoms. The molecule has 12 heteroatoms. The predicted molar refractivity (Wildman–Crippen MR) is 127 cm³/mol. The number of hydroxylamine groups is 1. The summed E-state index contributed by atoms with van der Waals surface area (Å²) in [5.41, 5.74) is 3.54. The van der Waals surface area contributed by atoms with Gasteiger partial charge >= 0.3 is 0 Å². The average Bonchev–Trinajstić information content (AvgIpc) is 3.31. The number of sulfonamides is 1. The van der Waals surface area contributed by atoms with E-state index in [1.165, 1.54) is 30.6 Å². The third-order valence-corrected chi connectivity index (χ3v) is 6.47. The third kappa shape index (κ3) is 7.36. The summed E-state index contributed by atoms with van der Waals surface area (Å²) in [5, 5.41) is 11.4. The fourth-order valence-electron chi connectivity index (χ4n) is 3.15. The van der Waals surface area contributed by atoms with Crippen LogP contribution in [0.3, 0.4) is 0 Å². The van der Waals surface area contributed by atoms with E-state index in [0.29, 0.717) is 16.8 Å². The van der Waals surface area contributed by atoms with E-state index in [2.05, 4.69) is 31.8 Å². The number of hydrogen-bond acceptors (Lipinski definition) is 8. The van der Waals surface area contributed by atoms with Gasteiger partial charge in [0, 0.05) is 24.6 Å². The second kappa shape index (κ2) is 12.1. The first-order valence-electron chi connectivity index (χ1n) is 10.6. The molecule has 0 aliphatic heterocycles. The molecule has 3 aromatic rings. The summed E-state index contributed by atoms with van der Waals surface area (Å²) in [7, 11) is -3.95. The molecule has 0 aliphatic carbocycles. The van der Waals surface area contributed by atoms with Crippen LogP contribution < -0.4 is 20.3 Å². The first-order valence-corrected chi connectivity index (χ1v) is 12.1. The Hall–Kier alpha value is -3.76. The number of aromatic nitrogens is 2. The molecule has 1 heterocycles. The van der Waals surface area contributed by atoms with Crippen LogP contribution in [0.1, 0.15) is 30.1 Å². The minimum absolute atomic E-state index is 0.0109. The van der Waals surface area contributed by atoms with Gasteiger partial charge in [0.2, 0.25) is 15.9 Å². The van der Waals surface area contributed by atoms with Gasteiger partial charge < -0.3 is 14.9 Å². The van der Waals surface area contributed by atoms with Crippen molar-refractivity contribution in [2.75, 3.05) is 13.2 Å². The van der Waals surface area contributed by atoms with E-state index in [4.69, 9.17) is 9.94 Å². The molecular weight excluding hydrogens is 474 g/mol. The van der Waals surface area contributed by atoms with Gasteiger partial charge in [0.25, 0.3) is 5.91 Å². The molecule has 2 amide bonds. The zero-order chi connectivity index (χ0) is 25.3. The van der Waals surface area contributed by atoms with Gasteiger partial charge in [-0.2, -0.15) is 0 Å². The van der Waals surface area contributed by atoms with Crippen molar-refractivity contribution in [1.82, 2.24) is 25.5 Å². The molecule has 0 unspecified atom stereocenters. The lowest BCUT2D eigenvalue weighted by atomic mass is 10.1. The molecule has 0 spiro atoms. The molecule has 0 aliphatic rings. The quantitative estimate of drug-likeness (QED) is 0.195. The van der Waals surface area contributed by atoms with Crippen molar-refractivity contribution in [3.05, 3.63) is 54.4 Å². The van der Waals surface area contributed by atoms with Crippen molar-refractivity contribution in [2.24, 2.45) is 0 Å². The normalized spacial score (nSPS) is 11.9. The van der Waals surface area contributed by atoms with Crippen molar-refractivity contribution in [2.45, 2.75) is 30.7 Å². The number of fused-ring (bicyclic) bond motifs is 1. The number of amides is 2. The lowest BCUT2D eigenvalue weighted by Gasteiger charge is -2.18. The van der Waals surface area contributed by atoms with Crippen LogP contribution in [-0.4, -0.2) is 54.6 Å². The Morgan fingerprint density at radius 1 is 1.20 bits per heavy atom. The monoisotopic (exact) mass is 499 g/mol. The fourth-order valence-corrected chi connectivity index (χ4v) is 4.42. The molecule has 5 N–H and O–H groups in total. The number of aromatic amines is 1. The summed E-state index contributed by atoms with van der Waals surface area (Å²) in [6.07, 6.45) is 1.37. The SMILES string of the molecule is CC#CCOc1ccc(S(=O)(=O)N[C@H](CCC(=O)NC(=O)c2ccc3nc[nH]c3c2)CNO)cc1. The van der Waals surface area contributed by atoms with Gasteiger partial charge in [0.1, 0.15) is 12.4 Å². The Kier molecular flexibility index (Phi) is 8.93. The number of carbonyl (C=O) groups excluding carboxylic acids is 2. The molecular formula is C23H25N5O6S. The molecule has 0 saturated heterocycles. The van der Waals surface area contributed by atoms with E-state index in [1.807, 2.05) is 5.48 Å². The Bertz CT molecular complexity index is 1340. The van der Waals surface area contributed by atoms with Crippen LogP contribution in [0.15, 0.2) is 53.7 Å². The first-order chi connectivity index (χ1) is 16.8. The third-order valence-electron chi connectivity index (χ3n) is 4.94. The number of nitrogens with one attached hydrogen (secondary N) is 4. The number of benzene rings is 2. The van der Waals surface area contributed by atoms with Crippen LogP contribution in [0.25, 0.3) is 11.0 Å². The average molecular weight is 500 g/mol. The highest BCUT2D eigenvalue weighted by molar-refractivity contribution is 7.89. The number of rotatable bonds is 11. The van der Waals surface area contributed by atoms with Crippen LogP contribution in [0.4, 0.5) is 0 Å². The van der Waals surface area contributed by atoms with E-state index in [1.54, 1.807) is 25.1 Å². The zero-order valence-corrected chi connectivity index (χ0v) is 19.7. The molecule has 184 valence electrons. The smallest absolute Gasteiger partial charge is 0.257 e. The number of H-pyrrole nitrogens is 1. The Labute approximate surface area is 202 Å². The number of ether oxygens (including phenoxy) is 1. The number of nitrogens with zero attached hydrogens (tertiary/aromatic N) is 1. The fraction of sp³-hybridized carbons (Fsp3) is 0.261. The maximum Gasteiger partial charge on any atom is 0.257 e. The molecule has 11 nitrogen and oxygen atoms in total. The molecule has 0 saturated carbocycles. The lowest BCUT2D eigenvalue weighted by Crippen LogP contribution is -2.42. The summed E-state index contributed by atoms with van der Waals surface area (Å²) in [6, 6.07) is 9.72. The molecule has 1 atom stereocenters. The van der Waals surface area contributed by atoms with Crippen LogP contribution in [0, 0.1) is 11.8 Å². The highest BCUT2D eigenvalue weighted by atomic mass is 32.2. The summed E-state index contributed by atoms with van der Waals surface area (Å²) in [4.78, 5) is 31.6. The lowest BCUT2D eigenvalue weighted by molar-refractivity contribution is -0.120. The van der Waals surface area contributed by atoms with Crippen molar-refractivity contribution in [3.63, 3.8) is 0 Å². The number of hydrogen-bond donors (Lipinski definition) is 5. The van der Waals surface area contributed by atoms with Gasteiger partial charge in [-0.05, 0) is 55.8 Å². The number of imidazole rings is 1. The van der Waals surface area contributed by atoms with Gasteiger partial charge in [-0.15, -0.1) is 5.92 Å². The Balaban J connectivity index is 1.56. The molecule has 35 heavy (non-hydrogen) atoms. The van der Waals surface area contributed by atoms with E-state index < -0.39 is 27.9 Å². The van der Waals surface area contributed by atoms with Gasteiger partial charge in [-0.3, -0.25) is 14.9 Å². The van der Waals surface area contributed by atoms with Crippen LogP contribution in [0.2, 0.25) is 0 Å². The molecule has 0 radical (unpaired) electrons. The minimum atomic E-state index is -3.95. The van der Waals surface area contributed by atoms with Crippen LogP contribution in [-0.2, 0) is 14.8 Å². The minimum Gasteiger partial charge on any atom is -0.481 e. The Morgan fingerprint density at radius 2 is 1.97 bits per heavy atom. The highest BCUT2D eigenvalue weighted by Gasteiger charge is 2.21. The van der Waals surface area contributed by atoms with E-state index in [0.717, 1.165) is 0 Å².